The van der Waals surface area contributed by atoms with Crippen LogP contribution in [0.1, 0.15) is 89.8 Å². The second-order valence-electron chi connectivity index (χ2n) is 14.9. The fourth-order valence-corrected chi connectivity index (χ4v) is 6.97. The van der Waals surface area contributed by atoms with E-state index in [9.17, 15) is 24.0 Å². The molecule has 1 saturated heterocycles. The van der Waals surface area contributed by atoms with Crippen molar-refractivity contribution in [2.75, 3.05) is 6.54 Å². The van der Waals surface area contributed by atoms with Crippen LogP contribution >= 0.6 is 11.6 Å². The van der Waals surface area contributed by atoms with Crippen LogP contribution in [0.2, 0.25) is 5.02 Å². The second-order valence-corrected chi connectivity index (χ2v) is 15.3. The summed E-state index contributed by atoms with van der Waals surface area (Å²) in [6, 6.07) is 4.11. The minimum atomic E-state index is -1.06. The lowest BCUT2D eigenvalue weighted by Gasteiger charge is -2.35. The van der Waals surface area contributed by atoms with E-state index in [4.69, 9.17) is 16.4 Å². The highest BCUT2D eigenvalue weighted by molar-refractivity contribution is 6.38. The van der Waals surface area contributed by atoms with Crippen molar-refractivity contribution in [3.05, 3.63) is 53.1 Å². The van der Waals surface area contributed by atoms with Crippen LogP contribution in [0.25, 0.3) is 0 Å². The molecule has 6 rings (SSSR count). The number of ketones is 1. The van der Waals surface area contributed by atoms with Crippen LogP contribution in [0, 0.1) is 11.3 Å². The average Bonchev–Trinajstić information content (AvgIpc) is 3.89. The van der Waals surface area contributed by atoms with Gasteiger partial charge in [0.25, 0.3) is 5.91 Å². The van der Waals surface area contributed by atoms with Crippen molar-refractivity contribution in [1.82, 2.24) is 30.8 Å². The molecule has 4 amide bonds. The third-order valence-electron chi connectivity index (χ3n) is 9.78. The van der Waals surface area contributed by atoms with Gasteiger partial charge >= 0.3 is 0 Å². The Morgan fingerprint density at radius 1 is 1.14 bits per heavy atom. The average molecular weight is 694 g/mol. The number of rotatable bonds is 12. The van der Waals surface area contributed by atoms with Gasteiger partial charge in [-0.15, -0.1) is 0 Å². The zero-order valence-electron chi connectivity index (χ0n) is 28.3. The number of oxime groups is 1. The molecule has 3 heterocycles. The van der Waals surface area contributed by atoms with Crippen LogP contribution in [-0.4, -0.2) is 86.3 Å². The van der Waals surface area contributed by atoms with Gasteiger partial charge in [0.15, 0.2) is 5.60 Å². The molecule has 2 aliphatic heterocycles. The Kier molecular flexibility index (Phi) is 9.58. The molecule has 0 radical (unpaired) electrons. The molecule has 1 spiro atoms. The van der Waals surface area contributed by atoms with Crippen LogP contribution in [0.15, 0.2) is 41.9 Å². The number of hydrogen-bond donors (Lipinski definition) is 4. The lowest BCUT2D eigenvalue weighted by atomic mass is 9.85. The van der Waals surface area contributed by atoms with E-state index in [0.717, 1.165) is 24.1 Å². The van der Waals surface area contributed by atoms with Gasteiger partial charge in [0.1, 0.15) is 12.1 Å². The van der Waals surface area contributed by atoms with Crippen LogP contribution in [0.5, 0.6) is 0 Å². The fourth-order valence-electron chi connectivity index (χ4n) is 6.78. The van der Waals surface area contributed by atoms with Crippen molar-refractivity contribution in [3.8, 4) is 0 Å². The smallest absolute Gasteiger partial charge is 0.289 e. The summed E-state index contributed by atoms with van der Waals surface area (Å²) in [6.45, 7) is 7.46. The third-order valence-corrected chi connectivity index (χ3v) is 10.0. The molecular formula is C35H44ClN7O6. The van der Waals surface area contributed by atoms with Crippen molar-refractivity contribution < 1.29 is 28.8 Å². The highest BCUT2D eigenvalue weighted by atomic mass is 35.5. The number of nitrogens with zero attached hydrogens (tertiary/aromatic N) is 3. The molecule has 13 nitrogen and oxygen atoms in total. The lowest BCUT2D eigenvalue weighted by molar-refractivity contribution is -0.145. The van der Waals surface area contributed by atoms with E-state index in [1.165, 1.54) is 4.90 Å². The van der Waals surface area contributed by atoms with Gasteiger partial charge in [-0.3, -0.25) is 24.0 Å². The van der Waals surface area contributed by atoms with Crippen molar-refractivity contribution in [2.45, 2.75) is 108 Å². The molecule has 1 aromatic carbocycles. The number of H-pyrrole nitrogens is 1. The first kappa shape index (κ1) is 34.6. The van der Waals surface area contributed by atoms with Gasteiger partial charge in [0, 0.05) is 53.2 Å². The van der Waals surface area contributed by atoms with Gasteiger partial charge in [0.05, 0.1) is 24.6 Å². The van der Waals surface area contributed by atoms with Gasteiger partial charge in [-0.2, -0.15) is 0 Å². The van der Waals surface area contributed by atoms with E-state index in [1.807, 2.05) is 39.8 Å². The highest BCUT2D eigenvalue weighted by Gasteiger charge is 2.56. The summed E-state index contributed by atoms with van der Waals surface area (Å²) in [6.07, 6.45) is 6.75. The van der Waals surface area contributed by atoms with Gasteiger partial charge in [-0.05, 0) is 43.2 Å². The molecule has 14 heteroatoms. The predicted octanol–water partition coefficient (Wildman–Crippen LogP) is 2.99. The second kappa shape index (κ2) is 13.6. The minimum absolute atomic E-state index is 0.00842. The normalized spacial score (nSPS) is 25.6. The highest BCUT2D eigenvalue weighted by Crippen LogP contribution is 2.47. The Bertz CT molecular complexity index is 1650. The molecular weight excluding hydrogens is 650 g/mol. The molecule has 4 N–H and O–H groups in total. The number of imidazole rings is 1. The zero-order chi connectivity index (χ0) is 35.1. The van der Waals surface area contributed by atoms with Crippen molar-refractivity contribution in [2.24, 2.45) is 16.5 Å². The molecule has 1 aromatic heterocycles. The molecule has 0 bridgehead atoms. The van der Waals surface area contributed by atoms with Crippen molar-refractivity contribution >= 4 is 46.7 Å². The van der Waals surface area contributed by atoms with Gasteiger partial charge in [-0.1, -0.05) is 63.0 Å². The Hall–Kier alpha value is -4.26. The van der Waals surface area contributed by atoms with Crippen molar-refractivity contribution in [3.63, 3.8) is 0 Å². The van der Waals surface area contributed by atoms with E-state index in [2.05, 4.69) is 31.1 Å². The van der Waals surface area contributed by atoms with Crippen LogP contribution in [0.3, 0.4) is 0 Å². The molecule has 2 aliphatic carbocycles. The Balaban J connectivity index is 1.24. The molecule has 2 saturated carbocycles. The number of aromatic nitrogens is 2. The van der Waals surface area contributed by atoms with E-state index in [0.29, 0.717) is 30.0 Å². The van der Waals surface area contributed by atoms with Crippen LogP contribution in [-0.2, 0) is 28.8 Å². The standard InChI is InChI=1S/C35H44ClN7O6/c1-5-7-24(28(44)32(47)39-21-10-11-21)40-31(46)27-15-35(14-25(42-49-35)19-8-6-9-20(36)12-19)17-43(27)33(48)29(34(2,3)4)41-30(45)23-13-22(23)26-16-37-18-38-26/h6,8-9,12,16,18,21-24,27,29H,5,7,10-11,13-15,17H2,1-4H3,(H,37,38)(H,39,47)(H,40,46)(H,41,45)/t22?,23-,24-,27-,29+,35+/m0/s1. The zero-order valence-corrected chi connectivity index (χ0v) is 29.0. The molecule has 262 valence electrons. The van der Waals surface area contributed by atoms with Gasteiger partial charge in [-0.25, -0.2) is 4.98 Å². The first-order valence-corrected chi connectivity index (χ1v) is 17.4. The molecule has 4 aliphatic rings. The summed E-state index contributed by atoms with van der Waals surface area (Å²) in [4.78, 5) is 82.7. The molecule has 1 unspecified atom stereocenters. The number of likely N-dealkylation sites (tertiary alicyclic amines) is 1. The summed E-state index contributed by atoms with van der Waals surface area (Å²) in [5.74, 6) is -3.02. The first-order valence-electron chi connectivity index (χ1n) is 17.0. The number of benzene rings is 1. The summed E-state index contributed by atoms with van der Waals surface area (Å²) < 4.78 is 0. The summed E-state index contributed by atoms with van der Waals surface area (Å²) in [5, 5.41) is 13.4. The number of amides is 4. The molecule has 3 fully saturated rings. The largest absolute Gasteiger partial charge is 0.387 e. The van der Waals surface area contributed by atoms with Gasteiger partial charge in [0.2, 0.25) is 23.5 Å². The monoisotopic (exact) mass is 693 g/mol. The molecule has 2 aromatic rings. The summed E-state index contributed by atoms with van der Waals surface area (Å²) in [7, 11) is 0. The number of nitrogens with one attached hydrogen (secondary N) is 4. The SMILES string of the molecule is CCC[C@H](NC(=O)[C@@H]1C[C@]2(CC(c3cccc(Cl)c3)=NO2)CN1C(=O)[C@@H](NC(=O)[C@H]1CC1c1cnc[nH]1)C(C)(C)C)C(=O)C(=O)NC1CC1. The Morgan fingerprint density at radius 2 is 1.92 bits per heavy atom. The number of carbonyl (C=O) groups excluding carboxylic acids is 5. The van der Waals surface area contributed by atoms with E-state index in [1.54, 1.807) is 24.7 Å². The van der Waals surface area contributed by atoms with Crippen LogP contribution in [0.4, 0.5) is 0 Å². The van der Waals surface area contributed by atoms with E-state index < -0.39 is 52.6 Å². The molecule has 49 heavy (non-hydrogen) atoms. The minimum Gasteiger partial charge on any atom is -0.387 e. The Morgan fingerprint density at radius 3 is 2.57 bits per heavy atom. The van der Waals surface area contributed by atoms with Crippen molar-refractivity contribution in [1.29, 1.82) is 0 Å². The van der Waals surface area contributed by atoms with Crippen LogP contribution < -0.4 is 16.0 Å². The number of hydrogen-bond acceptors (Lipinski definition) is 8. The fraction of sp³-hybridized carbons (Fsp3) is 0.571. The Labute approximate surface area is 290 Å². The first-order chi connectivity index (χ1) is 23.3. The topological polar surface area (TPSA) is 175 Å². The third kappa shape index (κ3) is 7.66. The summed E-state index contributed by atoms with van der Waals surface area (Å²) >= 11 is 6.24. The maximum absolute atomic E-state index is 14.6. The number of carbonyl (C=O) groups is 5. The van der Waals surface area contributed by atoms with Gasteiger partial charge < -0.3 is 30.7 Å². The summed E-state index contributed by atoms with van der Waals surface area (Å²) in [5.41, 5.74) is 0.514. The number of aromatic amines is 1. The molecule has 6 atom stereocenters. The maximum atomic E-state index is 14.6. The quantitative estimate of drug-likeness (QED) is 0.247. The van der Waals surface area contributed by atoms with E-state index >= 15 is 0 Å². The predicted molar refractivity (Wildman–Crippen MR) is 180 cm³/mol. The van der Waals surface area contributed by atoms with E-state index in [-0.39, 0.29) is 43.2 Å². The lowest BCUT2D eigenvalue weighted by Crippen LogP contribution is -2.59. The number of Topliss-reactive ketones (excluding diaryl/α,β-unsaturated/α-hetero) is 1. The maximum Gasteiger partial charge on any atom is 0.289 e. The number of halogens is 1.